The third kappa shape index (κ3) is 4.16. The Balaban J connectivity index is 2.07. The van der Waals surface area contributed by atoms with E-state index in [1.54, 1.807) is 22.2 Å². The van der Waals surface area contributed by atoms with Gasteiger partial charge in [0.15, 0.2) is 0 Å². The number of unbranched alkanes of at least 4 members (excludes halogenated alkanes) is 1. The van der Waals surface area contributed by atoms with E-state index in [2.05, 4.69) is 9.82 Å². The van der Waals surface area contributed by atoms with Gasteiger partial charge < -0.3 is 0 Å². The lowest BCUT2D eigenvalue weighted by atomic mass is 10.2. The highest BCUT2D eigenvalue weighted by molar-refractivity contribution is 7.89. The van der Waals surface area contributed by atoms with E-state index in [9.17, 15) is 8.42 Å². The van der Waals surface area contributed by atoms with Crippen LogP contribution in [0.25, 0.3) is 0 Å². The van der Waals surface area contributed by atoms with Crippen LogP contribution in [0.1, 0.15) is 30.7 Å². The van der Waals surface area contributed by atoms with Gasteiger partial charge in [0.05, 0.1) is 11.8 Å². The molecule has 0 saturated carbocycles. The minimum atomic E-state index is -3.21. The van der Waals surface area contributed by atoms with Crippen LogP contribution < -0.4 is 4.72 Å². The summed E-state index contributed by atoms with van der Waals surface area (Å²) in [5, 5.41) is 6.21. The zero-order chi connectivity index (χ0) is 14.4. The minimum Gasteiger partial charge on any atom is -0.263 e. The molecule has 7 heteroatoms. The maximum absolute atomic E-state index is 11.9. The molecule has 0 radical (unpaired) electrons. The molecule has 0 amide bonds. The van der Waals surface area contributed by atoms with Crippen LogP contribution in [0.3, 0.4) is 0 Å². The second-order valence-electron chi connectivity index (χ2n) is 4.54. The van der Waals surface area contributed by atoms with Gasteiger partial charge in [-0.1, -0.05) is 19.4 Å². The lowest BCUT2D eigenvalue weighted by molar-refractivity contribution is 0.510. The van der Waals surface area contributed by atoms with E-state index < -0.39 is 10.0 Å². The van der Waals surface area contributed by atoms with Crippen molar-refractivity contribution in [3.8, 4) is 0 Å². The molecule has 1 atom stereocenters. The number of hydrogen-bond donors (Lipinski definition) is 1. The Morgan fingerprint density at radius 3 is 2.90 bits per heavy atom. The Morgan fingerprint density at radius 2 is 2.30 bits per heavy atom. The van der Waals surface area contributed by atoms with Crippen molar-refractivity contribution in [1.82, 2.24) is 14.5 Å². The van der Waals surface area contributed by atoms with E-state index >= 15 is 0 Å². The second-order valence-corrected chi connectivity index (χ2v) is 7.44. The monoisotopic (exact) mass is 313 g/mol. The van der Waals surface area contributed by atoms with Gasteiger partial charge in [-0.2, -0.15) is 5.10 Å². The smallest absolute Gasteiger partial charge is 0.211 e. The third-order valence-electron chi connectivity index (χ3n) is 2.98. The molecule has 2 aromatic rings. The van der Waals surface area contributed by atoms with Crippen molar-refractivity contribution in [2.45, 2.75) is 25.8 Å². The van der Waals surface area contributed by atoms with Crippen molar-refractivity contribution in [2.24, 2.45) is 0 Å². The molecule has 5 nitrogen and oxygen atoms in total. The number of nitrogens with one attached hydrogen (secondary N) is 1. The van der Waals surface area contributed by atoms with Gasteiger partial charge in [0.2, 0.25) is 10.0 Å². The molecule has 0 aliphatic rings. The molecule has 110 valence electrons. The van der Waals surface area contributed by atoms with E-state index in [1.807, 2.05) is 36.7 Å². The summed E-state index contributed by atoms with van der Waals surface area (Å²) in [6, 6.07) is 5.70. The quantitative estimate of drug-likeness (QED) is 0.813. The van der Waals surface area contributed by atoms with Crippen molar-refractivity contribution in [2.75, 3.05) is 12.3 Å². The summed E-state index contributed by atoms with van der Waals surface area (Å²) in [6.07, 6.45) is 5.10. The molecule has 2 aromatic heterocycles. The molecule has 20 heavy (non-hydrogen) atoms. The standard InChI is InChI=1S/C13H19N3O2S2/c1-2-3-10-20(17,18)15-11-12(13-6-4-9-19-13)16-8-5-7-14-16/h4-9,12,15H,2-3,10-11H2,1H3. The predicted molar refractivity (Wildman–Crippen MR) is 81.4 cm³/mol. The maximum Gasteiger partial charge on any atom is 0.211 e. The highest BCUT2D eigenvalue weighted by Gasteiger charge is 2.18. The van der Waals surface area contributed by atoms with Crippen LogP contribution >= 0.6 is 11.3 Å². The van der Waals surface area contributed by atoms with Crippen molar-refractivity contribution >= 4 is 21.4 Å². The molecule has 0 aliphatic carbocycles. The fourth-order valence-corrected chi connectivity index (χ4v) is 3.93. The molecule has 2 rings (SSSR count). The van der Waals surface area contributed by atoms with Crippen molar-refractivity contribution in [3.05, 3.63) is 40.8 Å². The predicted octanol–water partition coefficient (Wildman–Crippen LogP) is 2.25. The van der Waals surface area contributed by atoms with Gasteiger partial charge in [0.1, 0.15) is 0 Å². The number of nitrogens with zero attached hydrogens (tertiary/aromatic N) is 2. The molecular weight excluding hydrogens is 294 g/mol. The van der Waals surface area contributed by atoms with Crippen LogP contribution in [-0.2, 0) is 10.0 Å². The van der Waals surface area contributed by atoms with Crippen molar-refractivity contribution < 1.29 is 8.42 Å². The van der Waals surface area contributed by atoms with E-state index in [0.29, 0.717) is 13.0 Å². The second kappa shape index (κ2) is 7.01. The first-order valence-corrected chi connectivity index (χ1v) is 9.15. The normalized spacial score (nSPS) is 13.4. The Hall–Kier alpha value is -1.18. The molecule has 0 fully saturated rings. The van der Waals surface area contributed by atoms with Gasteiger partial charge in [-0.25, -0.2) is 13.1 Å². The minimum absolute atomic E-state index is 0.0959. The number of aromatic nitrogens is 2. The van der Waals surface area contributed by atoms with Gasteiger partial charge >= 0.3 is 0 Å². The first-order chi connectivity index (χ1) is 9.62. The van der Waals surface area contributed by atoms with Crippen molar-refractivity contribution in [1.29, 1.82) is 0 Å². The van der Waals surface area contributed by atoms with Crippen LogP contribution in [0.4, 0.5) is 0 Å². The molecule has 2 heterocycles. The topological polar surface area (TPSA) is 64.0 Å². The van der Waals surface area contributed by atoms with E-state index in [-0.39, 0.29) is 11.8 Å². The SMILES string of the molecule is CCCCS(=O)(=O)NCC(c1cccs1)n1cccn1. The number of rotatable bonds is 8. The average Bonchev–Trinajstić information content (AvgIpc) is 3.09. The largest absolute Gasteiger partial charge is 0.263 e. The third-order valence-corrected chi connectivity index (χ3v) is 5.39. The fourth-order valence-electron chi connectivity index (χ4n) is 1.88. The van der Waals surface area contributed by atoms with Crippen LogP contribution in [0.5, 0.6) is 0 Å². The Bertz CT molecular complexity index is 557. The van der Waals surface area contributed by atoms with Crippen LogP contribution in [0, 0.1) is 0 Å². The molecule has 1 N–H and O–H groups in total. The van der Waals surface area contributed by atoms with Gasteiger partial charge in [-0.15, -0.1) is 11.3 Å². The molecule has 0 bridgehead atoms. The molecule has 0 spiro atoms. The van der Waals surface area contributed by atoms with Gasteiger partial charge in [0, 0.05) is 23.8 Å². The van der Waals surface area contributed by atoms with Crippen LogP contribution in [0.2, 0.25) is 0 Å². The molecule has 0 saturated heterocycles. The number of sulfonamides is 1. The Labute approximate surface area is 123 Å². The summed E-state index contributed by atoms with van der Waals surface area (Å²) in [4.78, 5) is 1.09. The highest BCUT2D eigenvalue weighted by Crippen LogP contribution is 2.22. The molecule has 1 unspecified atom stereocenters. The summed E-state index contributed by atoms with van der Waals surface area (Å²) in [5.41, 5.74) is 0. The van der Waals surface area contributed by atoms with Crippen LogP contribution in [-0.4, -0.2) is 30.5 Å². The Kier molecular flexibility index (Phi) is 5.33. The van der Waals surface area contributed by atoms with Crippen molar-refractivity contribution in [3.63, 3.8) is 0 Å². The molecule has 0 aliphatic heterocycles. The van der Waals surface area contributed by atoms with Gasteiger partial charge in [-0.3, -0.25) is 4.68 Å². The van der Waals surface area contributed by atoms with E-state index in [1.165, 1.54) is 0 Å². The Morgan fingerprint density at radius 1 is 1.45 bits per heavy atom. The fraction of sp³-hybridized carbons (Fsp3) is 0.462. The van der Waals surface area contributed by atoms with E-state index in [4.69, 9.17) is 0 Å². The summed E-state index contributed by atoms with van der Waals surface area (Å²) in [6.45, 7) is 2.31. The van der Waals surface area contributed by atoms with Gasteiger partial charge in [0.25, 0.3) is 0 Å². The average molecular weight is 313 g/mol. The number of hydrogen-bond acceptors (Lipinski definition) is 4. The van der Waals surface area contributed by atoms with Gasteiger partial charge in [-0.05, 0) is 23.9 Å². The molecule has 0 aromatic carbocycles. The zero-order valence-corrected chi connectivity index (χ0v) is 13.0. The number of thiophene rings is 1. The summed E-state index contributed by atoms with van der Waals surface area (Å²) in [7, 11) is -3.21. The lowest BCUT2D eigenvalue weighted by Crippen LogP contribution is -2.32. The maximum atomic E-state index is 11.9. The van der Waals surface area contributed by atoms with E-state index in [0.717, 1.165) is 11.3 Å². The first kappa shape index (κ1) is 15.2. The zero-order valence-electron chi connectivity index (χ0n) is 11.4. The first-order valence-electron chi connectivity index (χ1n) is 6.62. The van der Waals surface area contributed by atoms with Crippen LogP contribution in [0.15, 0.2) is 36.0 Å². The molecular formula is C13H19N3O2S2. The summed E-state index contributed by atoms with van der Waals surface area (Å²) in [5.74, 6) is 0.180. The lowest BCUT2D eigenvalue weighted by Gasteiger charge is -2.17. The summed E-state index contributed by atoms with van der Waals surface area (Å²) >= 11 is 1.60. The highest BCUT2D eigenvalue weighted by atomic mass is 32.2. The summed E-state index contributed by atoms with van der Waals surface area (Å²) < 4.78 is 28.3.